The second-order valence-corrected chi connectivity index (χ2v) is 10.1. The number of benzene rings is 1. The molecule has 9 nitrogen and oxygen atoms in total. The zero-order valence-electron chi connectivity index (χ0n) is 17.2. The molecule has 2 atom stereocenters. The maximum absolute atomic E-state index is 12.3. The van der Waals surface area contributed by atoms with Crippen molar-refractivity contribution in [1.82, 2.24) is 10.1 Å². The number of fused-ring (bicyclic) bond motifs is 3. The number of nitrogens with zero attached hydrogens (tertiary/aromatic N) is 3. The van der Waals surface area contributed by atoms with E-state index in [2.05, 4.69) is 32.3 Å². The molecule has 3 aromatic rings. The van der Waals surface area contributed by atoms with Gasteiger partial charge in [0.25, 0.3) is 0 Å². The molecule has 3 aliphatic rings. The summed E-state index contributed by atoms with van der Waals surface area (Å²) in [7, 11) is -0.763. The number of aromatic nitrogens is 2. The zero-order valence-corrected chi connectivity index (χ0v) is 18.8. The van der Waals surface area contributed by atoms with Gasteiger partial charge in [-0.2, -0.15) is 0 Å². The Labute approximate surface area is 194 Å². The lowest BCUT2D eigenvalue weighted by atomic mass is 10.1. The normalized spacial score (nSPS) is 19.6. The fraction of sp³-hybridized carbons (Fsp3) is 0.227. The third-order valence-electron chi connectivity index (χ3n) is 5.51. The SMILES string of the molecule is CC(OC(=O)Nc1cnoc1C#Cc1nc2c(s1)OS1=C(O)C3(CC3)C1=N2)c1ccccc1. The number of hydrogen-bond acceptors (Lipinski definition) is 8. The van der Waals surface area contributed by atoms with Gasteiger partial charge in [-0.15, -0.1) is 0 Å². The van der Waals surface area contributed by atoms with Crippen LogP contribution in [-0.4, -0.2) is 31.4 Å². The van der Waals surface area contributed by atoms with E-state index in [0.717, 1.165) is 23.4 Å². The van der Waals surface area contributed by atoms with E-state index in [4.69, 9.17) is 13.4 Å². The Morgan fingerprint density at radius 3 is 2.94 bits per heavy atom. The molecule has 2 aliphatic heterocycles. The van der Waals surface area contributed by atoms with Crippen LogP contribution in [0.1, 0.15) is 42.2 Å². The van der Waals surface area contributed by atoms with Crippen LogP contribution in [-0.2, 0) is 4.74 Å². The molecule has 0 radical (unpaired) electrons. The Balaban J connectivity index is 1.16. The number of thiazole rings is 1. The largest absolute Gasteiger partial charge is 0.441 e. The number of anilines is 1. The average Bonchev–Trinajstić information content (AvgIpc) is 3.40. The molecule has 1 saturated carbocycles. The van der Waals surface area contributed by atoms with Gasteiger partial charge >= 0.3 is 6.09 Å². The molecule has 2 unspecified atom stereocenters. The van der Waals surface area contributed by atoms with Crippen LogP contribution in [0.5, 0.6) is 5.06 Å². The minimum absolute atomic E-state index is 0.171. The Morgan fingerprint density at radius 1 is 1.33 bits per heavy atom. The summed E-state index contributed by atoms with van der Waals surface area (Å²) in [4.78, 5) is 21.3. The van der Waals surface area contributed by atoms with Gasteiger partial charge in [-0.05, 0) is 37.2 Å². The monoisotopic (exact) mass is 480 g/mol. The molecule has 2 N–H and O–H groups in total. The lowest BCUT2D eigenvalue weighted by Crippen LogP contribution is -2.38. The number of carbonyl (C=O) groups excluding carboxylic acids is 1. The Bertz CT molecular complexity index is 1410. The standard InChI is InChI=1S/C22H16N4O5S2/c1-12(13-5-3-2-4-6-13)29-21(28)24-14-11-23-30-15(14)7-8-16-25-17-18(32-16)31-33-19(26-17)22(9-10-22)20(33)27/h2-6,11-12,27H,9-10H2,1H3,(H,24,28). The van der Waals surface area contributed by atoms with E-state index in [1.807, 2.05) is 30.3 Å². The van der Waals surface area contributed by atoms with Crippen LogP contribution in [0.25, 0.3) is 0 Å². The van der Waals surface area contributed by atoms with Gasteiger partial charge in [-0.1, -0.05) is 46.8 Å². The molecule has 1 spiro atoms. The predicted molar refractivity (Wildman–Crippen MR) is 124 cm³/mol. The van der Waals surface area contributed by atoms with Crippen LogP contribution >= 0.6 is 22.1 Å². The molecule has 0 saturated heterocycles. The molecule has 1 amide bonds. The number of aliphatic imine (C=N–C) groups is 1. The van der Waals surface area contributed by atoms with Crippen molar-refractivity contribution in [1.29, 1.82) is 0 Å². The highest BCUT2D eigenvalue weighted by Gasteiger charge is 2.62. The lowest BCUT2D eigenvalue weighted by molar-refractivity contribution is 0.121. The summed E-state index contributed by atoms with van der Waals surface area (Å²) in [6.45, 7) is 1.79. The summed E-state index contributed by atoms with van der Waals surface area (Å²) >= 11 is 1.24. The Kier molecular flexibility index (Phi) is 4.62. The van der Waals surface area contributed by atoms with Crippen LogP contribution in [0.15, 0.2) is 46.0 Å². The number of ether oxygens (including phenoxy) is 1. The number of aliphatic hydroxyl groups is 1. The second-order valence-electron chi connectivity index (χ2n) is 7.69. The lowest BCUT2D eigenvalue weighted by Gasteiger charge is -2.33. The van der Waals surface area contributed by atoms with E-state index in [-0.39, 0.29) is 11.2 Å². The molecule has 2 aromatic heterocycles. The van der Waals surface area contributed by atoms with Crippen LogP contribution < -0.4 is 9.50 Å². The highest BCUT2D eigenvalue weighted by molar-refractivity contribution is 8.27. The predicted octanol–water partition coefficient (Wildman–Crippen LogP) is 4.93. The summed E-state index contributed by atoms with van der Waals surface area (Å²) in [6, 6.07) is 9.42. The van der Waals surface area contributed by atoms with Gasteiger partial charge in [-0.3, -0.25) is 5.32 Å². The molecule has 166 valence electrons. The Hall–Kier alpha value is -3.46. The minimum Gasteiger partial charge on any atom is -0.441 e. The number of hydrogen-bond donors (Lipinski definition) is 2. The van der Waals surface area contributed by atoms with Gasteiger partial charge in [0.15, 0.2) is 5.01 Å². The molecular weight excluding hydrogens is 464 g/mol. The van der Waals surface area contributed by atoms with E-state index in [1.54, 1.807) is 6.92 Å². The molecule has 0 bridgehead atoms. The first-order valence-electron chi connectivity index (χ1n) is 10.1. The van der Waals surface area contributed by atoms with Crippen molar-refractivity contribution >= 4 is 49.8 Å². The molecule has 1 aliphatic carbocycles. The van der Waals surface area contributed by atoms with Crippen molar-refractivity contribution in [3.8, 4) is 16.9 Å². The van der Waals surface area contributed by atoms with Crippen molar-refractivity contribution in [3.63, 3.8) is 0 Å². The molecule has 33 heavy (non-hydrogen) atoms. The maximum Gasteiger partial charge on any atom is 0.412 e. The second kappa shape index (κ2) is 7.55. The summed E-state index contributed by atoms with van der Waals surface area (Å²) < 4.78 is 16.4. The number of aliphatic hydroxyl groups excluding tert-OH is 1. The summed E-state index contributed by atoms with van der Waals surface area (Å²) in [5.41, 5.74) is 0.910. The molecular formula is C22H16N4O5S2. The van der Waals surface area contributed by atoms with E-state index >= 15 is 0 Å². The molecule has 1 aromatic carbocycles. The Morgan fingerprint density at radius 2 is 2.15 bits per heavy atom. The van der Waals surface area contributed by atoms with E-state index in [0.29, 0.717) is 26.6 Å². The fourth-order valence-corrected chi connectivity index (χ4v) is 6.37. The van der Waals surface area contributed by atoms with E-state index in [9.17, 15) is 9.90 Å². The van der Waals surface area contributed by atoms with Crippen LogP contribution in [0, 0.1) is 17.3 Å². The van der Waals surface area contributed by atoms with Gasteiger partial charge < -0.3 is 18.5 Å². The van der Waals surface area contributed by atoms with Crippen molar-refractivity contribution in [2.75, 3.05) is 5.32 Å². The number of nitrogens with one attached hydrogen (secondary N) is 1. The van der Waals surface area contributed by atoms with Gasteiger partial charge in [-0.25, -0.2) is 14.8 Å². The fourth-order valence-electron chi connectivity index (χ4n) is 3.54. The maximum atomic E-state index is 12.3. The smallest absolute Gasteiger partial charge is 0.412 e. The first-order chi connectivity index (χ1) is 16.0. The third-order valence-corrected chi connectivity index (χ3v) is 8.36. The van der Waals surface area contributed by atoms with Crippen molar-refractivity contribution in [2.45, 2.75) is 25.9 Å². The van der Waals surface area contributed by atoms with Crippen molar-refractivity contribution in [2.24, 2.45) is 10.4 Å². The average molecular weight is 481 g/mol. The zero-order chi connectivity index (χ0) is 22.6. The first kappa shape index (κ1) is 20.2. The van der Waals surface area contributed by atoms with Crippen LogP contribution in [0.2, 0.25) is 0 Å². The summed E-state index contributed by atoms with van der Waals surface area (Å²) in [5.74, 6) is 6.38. The number of amides is 1. The first-order valence-corrected chi connectivity index (χ1v) is 12.1. The van der Waals surface area contributed by atoms with Gasteiger partial charge in [0, 0.05) is 0 Å². The number of carbonyl (C=O) groups is 1. The highest BCUT2D eigenvalue weighted by atomic mass is 32.2. The summed E-state index contributed by atoms with van der Waals surface area (Å²) in [6.07, 6.45) is 2.10. The molecule has 11 heteroatoms. The molecule has 6 rings (SSSR count). The van der Waals surface area contributed by atoms with Gasteiger partial charge in [0.05, 0.1) is 22.4 Å². The van der Waals surface area contributed by atoms with Crippen molar-refractivity contribution < 1.29 is 23.3 Å². The van der Waals surface area contributed by atoms with Gasteiger partial charge in [0.2, 0.25) is 16.6 Å². The van der Waals surface area contributed by atoms with E-state index in [1.165, 1.54) is 17.5 Å². The molecule has 4 heterocycles. The van der Waals surface area contributed by atoms with Crippen LogP contribution in [0.3, 0.4) is 0 Å². The van der Waals surface area contributed by atoms with Crippen molar-refractivity contribution in [3.05, 3.63) is 52.9 Å². The number of rotatable bonds is 3. The molecule has 1 fully saturated rings. The summed E-state index contributed by atoms with van der Waals surface area (Å²) in [5, 5.41) is 18.8. The highest BCUT2D eigenvalue weighted by Crippen LogP contribution is 2.64. The van der Waals surface area contributed by atoms with Crippen LogP contribution in [0.4, 0.5) is 16.3 Å². The topological polar surface area (TPSA) is 119 Å². The third kappa shape index (κ3) is 3.43. The quantitative estimate of drug-likeness (QED) is 0.403. The van der Waals surface area contributed by atoms with Gasteiger partial charge in [0.1, 0.15) is 21.9 Å². The van der Waals surface area contributed by atoms with E-state index < -0.39 is 23.0 Å². The minimum atomic E-state index is -0.763.